The van der Waals surface area contributed by atoms with E-state index in [1.807, 2.05) is 0 Å². The lowest BCUT2D eigenvalue weighted by molar-refractivity contribution is 0.204. The molecule has 1 fully saturated rings. The second-order valence-electron chi connectivity index (χ2n) is 5.11. The van der Waals surface area contributed by atoms with Crippen LogP contribution in [0.15, 0.2) is 6.07 Å². The van der Waals surface area contributed by atoms with Crippen LogP contribution < -0.4 is 0 Å². The SMILES string of the molecule is CCC.CCc1cc2n(n1)CCN(C1CC1)C2. The highest BCUT2D eigenvalue weighted by Gasteiger charge is 2.31. The van der Waals surface area contributed by atoms with Crippen molar-refractivity contribution in [2.24, 2.45) is 0 Å². The van der Waals surface area contributed by atoms with Gasteiger partial charge in [-0.15, -0.1) is 0 Å². The highest BCUT2D eigenvalue weighted by Crippen LogP contribution is 2.29. The van der Waals surface area contributed by atoms with Crippen LogP contribution in [0.25, 0.3) is 0 Å². The van der Waals surface area contributed by atoms with Gasteiger partial charge in [-0.3, -0.25) is 9.58 Å². The number of rotatable bonds is 2. The first-order chi connectivity index (χ1) is 8.28. The Bertz CT molecular complexity index is 352. The summed E-state index contributed by atoms with van der Waals surface area (Å²) in [7, 11) is 0. The van der Waals surface area contributed by atoms with E-state index in [0.29, 0.717) is 0 Å². The quantitative estimate of drug-likeness (QED) is 0.786. The van der Waals surface area contributed by atoms with Crippen LogP contribution in [0, 0.1) is 0 Å². The minimum Gasteiger partial charge on any atom is -0.293 e. The molecule has 0 aromatic carbocycles. The van der Waals surface area contributed by atoms with E-state index in [1.54, 1.807) is 0 Å². The van der Waals surface area contributed by atoms with Gasteiger partial charge in [0.15, 0.2) is 0 Å². The Morgan fingerprint density at radius 3 is 2.53 bits per heavy atom. The van der Waals surface area contributed by atoms with Crippen molar-refractivity contribution < 1.29 is 0 Å². The van der Waals surface area contributed by atoms with Crippen molar-refractivity contribution >= 4 is 0 Å². The third-order valence-electron chi connectivity index (χ3n) is 3.30. The highest BCUT2D eigenvalue weighted by atomic mass is 15.3. The maximum atomic E-state index is 4.57. The van der Waals surface area contributed by atoms with E-state index in [1.165, 1.54) is 37.2 Å². The Labute approximate surface area is 105 Å². The lowest BCUT2D eigenvalue weighted by Crippen LogP contribution is -2.35. The molecule has 2 heterocycles. The van der Waals surface area contributed by atoms with Crippen molar-refractivity contribution in [3.05, 3.63) is 17.5 Å². The molecule has 1 aliphatic carbocycles. The van der Waals surface area contributed by atoms with Crippen LogP contribution in [0.4, 0.5) is 0 Å². The molecular formula is C14H25N3. The average Bonchev–Trinajstić information content (AvgIpc) is 3.09. The fourth-order valence-corrected chi connectivity index (χ4v) is 2.27. The molecule has 96 valence electrons. The van der Waals surface area contributed by atoms with Gasteiger partial charge in [0.1, 0.15) is 0 Å². The van der Waals surface area contributed by atoms with Crippen LogP contribution in [0.3, 0.4) is 0 Å². The van der Waals surface area contributed by atoms with Crippen molar-refractivity contribution in [1.82, 2.24) is 14.7 Å². The summed E-state index contributed by atoms with van der Waals surface area (Å²) in [6.07, 6.45) is 5.13. The molecule has 1 saturated carbocycles. The maximum Gasteiger partial charge on any atom is 0.0625 e. The smallest absolute Gasteiger partial charge is 0.0625 e. The van der Waals surface area contributed by atoms with E-state index in [4.69, 9.17) is 0 Å². The summed E-state index contributed by atoms with van der Waals surface area (Å²) < 4.78 is 2.19. The monoisotopic (exact) mass is 235 g/mol. The van der Waals surface area contributed by atoms with Crippen molar-refractivity contribution in [3.8, 4) is 0 Å². The fraction of sp³-hybridized carbons (Fsp3) is 0.786. The second-order valence-corrected chi connectivity index (χ2v) is 5.11. The summed E-state index contributed by atoms with van der Waals surface area (Å²) in [4.78, 5) is 2.61. The summed E-state index contributed by atoms with van der Waals surface area (Å²) in [6.45, 7) is 9.83. The van der Waals surface area contributed by atoms with E-state index in [2.05, 4.69) is 41.5 Å². The molecule has 0 unspecified atom stereocenters. The number of aromatic nitrogens is 2. The average molecular weight is 235 g/mol. The highest BCUT2D eigenvalue weighted by molar-refractivity contribution is 5.12. The van der Waals surface area contributed by atoms with Gasteiger partial charge in [-0.2, -0.15) is 5.10 Å². The topological polar surface area (TPSA) is 21.1 Å². The number of nitrogens with zero attached hydrogens (tertiary/aromatic N) is 3. The normalized spacial score (nSPS) is 19.5. The molecule has 0 saturated heterocycles. The molecule has 0 spiro atoms. The minimum atomic E-state index is 0.892. The first-order valence-corrected chi connectivity index (χ1v) is 7.08. The number of aryl methyl sites for hydroxylation is 1. The molecule has 0 bridgehead atoms. The van der Waals surface area contributed by atoms with E-state index in [9.17, 15) is 0 Å². The van der Waals surface area contributed by atoms with Crippen LogP contribution >= 0.6 is 0 Å². The molecule has 2 aliphatic rings. The van der Waals surface area contributed by atoms with Crippen molar-refractivity contribution in [1.29, 1.82) is 0 Å². The van der Waals surface area contributed by atoms with Crippen LogP contribution in [0.1, 0.15) is 51.4 Å². The van der Waals surface area contributed by atoms with Gasteiger partial charge in [-0.1, -0.05) is 27.2 Å². The number of hydrogen-bond acceptors (Lipinski definition) is 2. The molecule has 1 aromatic heterocycles. The zero-order chi connectivity index (χ0) is 12.3. The van der Waals surface area contributed by atoms with Crippen LogP contribution in [-0.2, 0) is 19.5 Å². The van der Waals surface area contributed by atoms with Crippen molar-refractivity contribution in [2.45, 2.75) is 65.6 Å². The van der Waals surface area contributed by atoms with Gasteiger partial charge in [0.05, 0.1) is 17.9 Å². The summed E-state index contributed by atoms with van der Waals surface area (Å²) in [5, 5.41) is 4.57. The summed E-state index contributed by atoms with van der Waals surface area (Å²) >= 11 is 0. The zero-order valence-electron chi connectivity index (χ0n) is 11.4. The minimum absolute atomic E-state index is 0.892. The van der Waals surface area contributed by atoms with E-state index < -0.39 is 0 Å². The van der Waals surface area contributed by atoms with Gasteiger partial charge < -0.3 is 0 Å². The third kappa shape index (κ3) is 3.09. The maximum absolute atomic E-state index is 4.57. The molecule has 0 N–H and O–H groups in total. The summed E-state index contributed by atoms with van der Waals surface area (Å²) in [6, 6.07) is 3.16. The molecule has 3 heteroatoms. The molecule has 0 atom stereocenters. The second kappa shape index (κ2) is 5.67. The summed E-state index contributed by atoms with van der Waals surface area (Å²) in [5.41, 5.74) is 2.66. The Morgan fingerprint density at radius 2 is 1.94 bits per heavy atom. The third-order valence-corrected chi connectivity index (χ3v) is 3.30. The van der Waals surface area contributed by atoms with E-state index >= 15 is 0 Å². The Kier molecular flexibility index (Phi) is 4.21. The lowest BCUT2D eigenvalue weighted by Gasteiger charge is -2.27. The van der Waals surface area contributed by atoms with Crippen molar-refractivity contribution in [3.63, 3.8) is 0 Å². The van der Waals surface area contributed by atoms with Crippen molar-refractivity contribution in [2.75, 3.05) is 6.54 Å². The Hall–Kier alpha value is -0.830. The van der Waals surface area contributed by atoms with Crippen LogP contribution in [-0.4, -0.2) is 27.3 Å². The molecule has 17 heavy (non-hydrogen) atoms. The Morgan fingerprint density at radius 1 is 1.24 bits per heavy atom. The molecule has 0 radical (unpaired) electrons. The van der Waals surface area contributed by atoms with E-state index in [-0.39, 0.29) is 0 Å². The standard InChI is InChI=1S/C11H17N3.C3H8/c1-2-9-7-11-8-13(10-3-4-10)5-6-14(11)12-9;1-3-2/h7,10H,2-6,8H2,1H3;3H2,1-2H3. The van der Waals surface area contributed by atoms with E-state index in [0.717, 1.165) is 25.6 Å². The molecule has 3 nitrogen and oxygen atoms in total. The number of fused-ring (bicyclic) bond motifs is 1. The predicted octanol–water partition coefficient (Wildman–Crippen LogP) is 2.84. The van der Waals surface area contributed by atoms with Gasteiger partial charge in [-0.05, 0) is 25.3 Å². The predicted molar refractivity (Wildman–Crippen MR) is 71.0 cm³/mol. The van der Waals surface area contributed by atoms with Crippen LogP contribution in [0.5, 0.6) is 0 Å². The first-order valence-electron chi connectivity index (χ1n) is 7.08. The van der Waals surface area contributed by atoms with Gasteiger partial charge in [0.25, 0.3) is 0 Å². The zero-order valence-corrected chi connectivity index (χ0v) is 11.4. The molecular weight excluding hydrogens is 210 g/mol. The lowest BCUT2D eigenvalue weighted by atomic mass is 10.2. The fourth-order valence-electron chi connectivity index (χ4n) is 2.27. The molecule has 1 aliphatic heterocycles. The van der Waals surface area contributed by atoms with Gasteiger partial charge in [0.2, 0.25) is 0 Å². The van der Waals surface area contributed by atoms with Gasteiger partial charge in [-0.25, -0.2) is 0 Å². The summed E-state index contributed by atoms with van der Waals surface area (Å²) in [5.74, 6) is 0. The molecule has 0 amide bonds. The molecule has 3 rings (SSSR count). The van der Waals surface area contributed by atoms with Gasteiger partial charge in [0, 0.05) is 19.1 Å². The first kappa shape index (κ1) is 12.6. The number of hydrogen-bond donors (Lipinski definition) is 0. The molecule has 1 aromatic rings. The van der Waals surface area contributed by atoms with Crippen LogP contribution in [0.2, 0.25) is 0 Å². The largest absolute Gasteiger partial charge is 0.293 e. The Balaban J connectivity index is 0.000000329. The van der Waals surface area contributed by atoms with Gasteiger partial charge >= 0.3 is 0 Å².